The van der Waals surface area contributed by atoms with Gasteiger partial charge in [-0.25, -0.2) is 8.42 Å². The maximum Gasteiger partial charge on any atom is 0.262 e. The van der Waals surface area contributed by atoms with Gasteiger partial charge < -0.3 is 10.2 Å². The molecule has 1 saturated heterocycles. The highest BCUT2D eigenvalue weighted by atomic mass is 32.2. The molecular formula is C25H33N3O4S. The van der Waals surface area contributed by atoms with Crippen molar-refractivity contribution in [2.24, 2.45) is 5.92 Å². The van der Waals surface area contributed by atoms with E-state index in [0.29, 0.717) is 35.5 Å². The van der Waals surface area contributed by atoms with Crippen LogP contribution in [0, 0.1) is 26.7 Å². The van der Waals surface area contributed by atoms with Crippen LogP contribution >= 0.6 is 0 Å². The molecule has 0 aromatic heterocycles. The smallest absolute Gasteiger partial charge is 0.262 e. The lowest BCUT2D eigenvalue weighted by Gasteiger charge is -2.32. The summed E-state index contributed by atoms with van der Waals surface area (Å²) < 4.78 is 28.8. The van der Waals surface area contributed by atoms with Gasteiger partial charge in [-0.15, -0.1) is 0 Å². The Bertz CT molecular complexity index is 1130. The van der Waals surface area contributed by atoms with Gasteiger partial charge in [0.25, 0.3) is 15.9 Å². The number of piperidine rings is 1. The van der Waals surface area contributed by atoms with Crippen LogP contribution in [0.1, 0.15) is 53.7 Å². The summed E-state index contributed by atoms with van der Waals surface area (Å²) in [6, 6.07) is 10.2. The minimum atomic E-state index is -3.82. The van der Waals surface area contributed by atoms with Gasteiger partial charge in [0.2, 0.25) is 5.91 Å². The van der Waals surface area contributed by atoms with Crippen molar-refractivity contribution in [1.82, 2.24) is 10.2 Å². The van der Waals surface area contributed by atoms with Crippen LogP contribution in [0.15, 0.2) is 41.3 Å². The monoisotopic (exact) mass is 471 g/mol. The first-order valence-electron chi connectivity index (χ1n) is 11.3. The highest BCUT2D eigenvalue weighted by Crippen LogP contribution is 2.25. The molecule has 1 fully saturated rings. The van der Waals surface area contributed by atoms with E-state index in [-0.39, 0.29) is 28.7 Å². The SMILES string of the molecule is Cc1cc(C)c(S(=O)(=O)Nc2cccc(C(=O)N3CCCC(C(=O)NC(C)C)C3)c2)c(C)c1. The summed E-state index contributed by atoms with van der Waals surface area (Å²) in [6.07, 6.45) is 1.50. The fourth-order valence-electron chi connectivity index (χ4n) is 4.47. The maximum absolute atomic E-state index is 13.1. The zero-order valence-electron chi connectivity index (χ0n) is 19.9. The number of carbonyl (C=O) groups excluding carboxylic acids is 2. The summed E-state index contributed by atoms with van der Waals surface area (Å²) in [7, 11) is -3.82. The molecule has 3 rings (SSSR count). The number of likely N-dealkylation sites (tertiary alicyclic amines) is 1. The van der Waals surface area contributed by atoms with Crippen LogP contribution in [0.3, 0.4) is 0 Å². The Morgan fingerprint density at radius 3 is 2.36 bits per heavy atom. The number of anilines is 1. The first-order chi connectivity index (χ1) is 15.5. The molecule has 1 aliphatic heterocycles. The molecule has 2 aromatic rings. The van der Waals surface area contributed by atoms with Crippen LogP contribution in [-0.4, -0.2) is 44.3 Å². The summed E-state index contributed by atoms with van der Waals surface area (Å²) in [5.74, 6) is -0.479. The van der Waals surface area contributed by atoms with E-state index in [9.17, 15) is 18.0 Å². The second-order valence-corrected chi connectivity index (χ2v) is 10.8. The van der Waals surface area contributed by atoms with E-state index < -0.39 is 10.0 Å². The van der Waals surface area contributed by atoms with Gasteiger partial charge in [0.05, 0.1) is 10.8 Å². The van der Waals surface area contributed by atoms with Crippen molar-refractivity contribution in [3.63, 3.8) is 0 Å². The molecule has 0 saturated carbocycles. The molecule has 1 heterocycles. The normalized spacial score (nSPS) is 16.5. The van der Waals surface area contributed by atoms with E-state index in [1.54, 1.807) is 43.0 Å². The number of hydrogen-bond donors (Lipinski definition) is 2. The average molecular weight is 472 g/mol. The summed E-state index contributed by atoms with van der Waals surface area (Å²) in [5, 5.41) is 2.92. The van der Waals surface area contributed by atoms with Gasteiger partial charge in [-0.3, -0.25) is 14.3 Å². The van der Waals surface area contributed by atoms with E-state index in [1.807, 2.05) is 32.9 Å². The van der Waals surface area contributed by atoms with Crippen molar-refractivity contribution in [2.75, 3.05) is 17.8 Å². The third-order valence-corrected chi connectivity index (χ3v) is 7.43. The number of aryl methyl sites for hydroxylation is 3. The number of sulfonamides is 1. The largest absolute Gasteiger partial charge is 0.354 e. The fraction of sp³-hybridized carbons (Fsp3) is 0.440. The Kier molecular flexibility index (Phi) is 7.47. The summed E-state index contributed by atoms with van der Waals surface area (Å²) in [6.45, 7) is 10.2. The zero-order chi connectivity index (χ0) is 24.3. The lowest BCUT2D eigenvalue weighted by atomic mass is 9.96. The Morgan fingerprint density at radius 2 is 1.73 bits per heavy atom. The molecule has 0 bridgehead atoms. The maximum atomic E-state index is 13.1. The molecular weight excluding hydrogens is 438 g/mol. The minimum absolute atomic E-state index is 0.0344. The molecule has 8 heteroatoms. The number of benzene rings is 2. The van der Waals surface area contributed by atoms with Gasteiger partial charge in [-0.05, 0) is 76.8 Å². The number of rotatable bonds is 6. The van der Waals surface area contributed by atoms with Crippen molar-refractivity contribution >= 4 is 27.5 Å². The number of nitrogens with zero attached hydrogens (tertiary/aromatic N) is 1. The summed E-state index contributed by atoms with van der Waals surface area (Å²) >= 11 is 0. The van der Waals surface area contributed by atoms with E-state index in [0.717, 1.165) is 18.4 Å². The molecule has 2 amide bonds. The number of amides is 2. The predicted molar refractivity (Wildman–Crippen MR) is 130 cm³/mol. The Morgan fingerprint density at radius 1 is 1.06 bits per heavy atom. The van der Waals surface area contributed by atoms with Crippen LogP contribution in [0.4, 0.5) is 5.69 Å². The Balaban J connectivity index is 1.78. The lowest BCUT2D eigenvalue weighted by Crippen LogP contribution is -2.46. The molecule has 0 radical (unpaired) electrons. The van der Waals surface area contributed by atoms with E-state index >= 15 is 0 Å². The van der Waals surface area contributed by atoms with Gasteiger partial charge in [-0.1, -0.05) is 23.8 Å². The van der Waals surface area contributed by atoms with E-state index in [2.05, 4.69) is 10.0 Å². The number of hydrogen-bond acceptors (Lipinski definition) is 4. The molecule has 1 aliphatic rings. The topological polar surface area (TPSA) is 95.6 Å². The van der Waals surface area contributed by atoms with Gasteiger partial charge in [0, 0.05) is 30.4 Å². The molecule has 0 spiro atoms. The molecule has 33 heavy (non-hydrogen) atoms. The van der Waals surface area contributed by atoms with Crippen LogP contribution in [0.2, 0.25) is 0 Å². The minimum Gasteiger partial charge on any atom is -0.354 e. The standard InChI is InChI=1S/C25H33N3O4S/c1-16(2)26-24(29)21-9-7-11-28(15-21)25(30)20-8-6-10-22(14-20)27-33(31,32)23-18(4)12-17(3)13-19(23)5/h6,8,10,12-14,16,21,27H,7,9,11,15H2,1-5H3,(H,26,29). The molecule has 1 unspecified atom stereocenters. The molecule has 1 atom stereocenters. The quantitative estimate of drug-likeness (QED) is 0.670. The lowest BCUT2D eigenvalue weighted by molar-refractivity contribution is -0.126. The van der Waals surface area contributed by atoms with Crippen molar-refractivity contribution in [3.8, 4) is 0 Å². The van der Waals surface area contributed by atoms with Gasteiger partial charge in [-0.2, -0.15) is 0 Å². The van der Waals surface area contributed by atoms with Crippen molar-refractivity contribution in [1.29, 1.82) is 0 Å². The molecule has 2 N–H and O–H groups in total. The summed E-state index contributed by atoms with van der Waals surface area (Å²) in [4.78, 5) is 27.5. The average Bonchev–Trinajstić information content (AvgIpc) is 2.71. The second kappa shape index (κ2) is 9.95. The third-order valence-electron chi connectivity index (χ3n) is 5.75. The van der Waals surface area contributed by atoms with Crippen LogP contribution in [0.5, 0.6) is 0 Å². The van der Waals surface area contributed by atoms with Crippen LogP contribution in [-0.2, 0) is 14.8 Å². The predicted octanol–water partition coefficient (Wildman–Crippen LogP) is 3.79. The van der Waals surface area contributed by atoms with Gasteiger partial charge in [0.15, 0.2) is 0 Å². The van der Waals surface area contributed by atoms with Gasteiger partial charge >= 0.3 is 0 Å². The number of carbonyl (C=O) groups is 2. The van der Waals surface area contributed by atoms with E-state index in [1.165, 1.54) is 0 Å². The Hall–Kier alpha value is -2.87. The highest BCUT2D eigenvalue weighted by molar-refractivity contribution is 7.92. The van der Waals surface area contributed by atoms with Crippen LogP contribution in [0.25, 0.3) is 0 Å². The fourth-order valence-corrected chi connectivity index (χ4v) is 5.98. The second-order valence-electron chi connectivity index (χ2n) is 9.17. The molecule has 178 valence electrons. The summed E-state index contributed by atoms with van der Waals surface area (Å²) in [5.41, 5.74) is 3.06. The van der Waals surface area contributed by atoms with Gasteiger partial charge in [0.1, 0.15) is 0 Å². The van der Waals surface area contributed by atoms with E-state index in [4.69, 9.17) is 0 Å². The van der Waals surface area contributed by atoms with Crippen molar-refractivity contribution in [3.05, 3.63) is 58.7 Å². The first kappa shape index (κ1) is 24.8. The van der Waals surface area contributed by atoms with Crippen molar-refractivity contribution in [2.45, 2.75) is 58.4 Å². The Labute approximate surface area is 196 Å². The highest BCUT2D eigenvalue weighted by Gasteiger charge is 2.29. The molecule has 0 aliphatic carbocycles. The zero-order valence-corrected chi connectivity index (χ0v) is 20.8. The van der Waals surface area contributed by atoms with Crippen molar-refractivity contribution < 1.29 is 18.0 Å². The first-order valence-corrected chi connectivity index (χ1v) is 12.8. The molecule has 2 aromatic carbocycles. The molecule has 7 nitrogen and oxygen atoms in total. The number of nitrogens with one attached hydrogen (secondary N) is 2. The van der Waals surface area contributed by atoms with Crippen LogP contribution < -0.4 is 10.0 Å². The third kappa shape index (κ3) is 5.93.